The van der Waals surface area contributed by atoms with Crippen LogP contribution in [0.15, 0.2) is 66.7 Å². The summed E-state index contributed by atoms with van der Waals surface area (Å²) < 4.78 is 0. The molecule has 0 atom stereocenters. The van der Waals surface area contributed by atoms with Crippen molar-refractivity contribution in [2.75, 3.05) is 5.32 Å². The van der Waals surface area contributed by atoms with Crippen LogP contribution in [0.25, 0.3) is 10.9 Å². The second-order valence-corrected chi connectivity index (χ2v) is 7.72. The van der Waals surface area contributed by atoms with Crippen LogP contribution in [0.4, 0.5) is 11.5 Å². The summed E-state index contributed by atoms with van der Waals surface area (Å²) in [5.74, 6) is 0.908. The molecule has 4 aromatic rings. The van der Waals surface area contributed by atoms with Gasteiger partial charge in [-0.2, -0.15) is 0 Å². The summed E-state index contributed by atoms with van der Waals surface area (Å²) in [6, 6.07) is 22.4. The summed E-state index contributed by atoms with van der Waals surface area (Å²) in [5.41, 5.74) is 6.97. The molecule has 2 nitrogen and oxygen atoms in total. The highest BCUT2D eigenvalue weighted by Gasteiger charge is 2.22. The molecule has 0 unspecified atom stereocenters. The van der Waals surface area contributed by atoms with Crippen LogP contribution in [0.2, 0.25) is 10.0 Å². The first-order valence-corrected chi connectivity index (χ1v) is 9.63. The summed E-state index contributed by atoms with van der Waals surface area (Å²) >= 11 is 12.5. The fourth-order valence-corrected chi connectivity index (χ4v) is 4.12. The van der Waals surface area contributed by atoms with Crippen molar-refractivity contribution >= 4 is 45.6 Å². The van der Waals surface area contributed by atoms with Gasteiger partial charge in [-0.25, -0.2) is 4.98 Å². The third-order valence-electron chi connectivity index (χ3n) is 5.08. The first-order chi connectivity index (χ1) is 13.2. The van der Waals surface area contributed by atoms with Gasteiger partial charge in [0.2, 0.25) is 0 Å². The van der Waals surface area contributed by atoms with Crippen molar-refractivity contribution in [2.24, 2.45) is 0 Å². The number of nitrogens with zero attached hydrogens (tertiary/aromatic N) is 1. The molecule has 132 valence electrons. The van der Waals surface area contributed by atoms with Gasteiger partial charge < -0.3 is 5.32 Å². The molecule has 4 heteroatoms. The molecule has 0 saturated heterocycles. The number of aromatic nitrogens is 1. The Labute approximate surface area is 167 Å². The molecule has 0 saturated carbocycles. The van der Waals surface area contributed by atoms with Crippen LogP contribution < -0.4 is 5.32 Å². The van der Waals surface area contributed by atoms with Crippen LogP contribution in [-0.4, -0.2) is 4.98 Å². The van der Waals surface area contributed by atoms with Gasteiger partial charge in [0.25, 0.3) is 0 Å². The van der Waals surface area contributed by atoms with Crippen molar-refractivity contribution in [3.63, 3.8) is 0 Å². The molecule has 5 rings (SSSR count). The van der Waals surface area contributed by atoms with Gasteiger partial charge in [-0.15, -0.1) is 0 Å². The zero-order valence-corrected chi connectivity index (χ0v) is 16.0. The Morgan fingerprint density at radius 2 is 1.67 bits per heavy atom. The third kappa shape index (κ3) is 3.05. The van der Waals surface area contributed by atoms with Crippen LogP contribution >= 0.6 is 23.2 Å². The maximum Gasteiger partial charge on any atom is 0.134 e. The number of pyridine rings is 1. The maximum absolute atomic E-state index is 6.32. The Morgan fingerprint density at radius 3 is 2.52 bits per heavy atom. The number of fused-ring (bicyclic) bond motifs is 3. The summed E-state index contributed by atoms with van der Waals surface area (Å²) in [7, 11) is 0. The standard InChI is InChI=1S/C23H16Cl2N2/c24-16-8-9-21-19(12-16)18(10-14-4-2-1-3-5-14)20-11-15-6-7-17(25)13-22(15)27-23(20)26-21/h1-9,12-13H,10-11H2,(H,26,27). The van der Waals surface area contributed by atoms with Crippen LogP contribution in [0.1, 0.15) is 22.3 Å². The lowest BCUT2D eigenvalue weighted by atomic mass is 9.90. The number of hydrogen-bond donors (Lipinski definition) is 1. The summed E-state index contributed by atoms with van der Waals surface area (Å²) in [6.45, 7) is 0. The fraction of sp³-hybridized carbons (Fsp3) is 0.0870. The van der Waals surface area contributed by atoms with E-state index in [-0.39, 0.29) is 0 Å². The van der Waals surface area contributed by atoms with Gasteiger partial charge in [0, 0.05) is 33.1 Å². The molecule has 0 bridgehead atoms. The molecule has 0 aliphatic carbocycles. The second-order valence-electron chi connectivity index (χ2n) is 6.84. The Kier molecular flexibility index (Phi) is 4.04. The van der Waals surface area contributed by atoms with Crippen LogP contribution in [-0.2, 0) is 12.8 Å². The minimum Gasteiger partial charge on any atom is -0.340 e. The Hall–Kier alpha value is -2.55. The molecular weight excluding hydrogens is 375 g/mol. The second kappa shape index (κ2) is 6.56. The van der Waals surface area contributed by atoms with Gasteiger partial charge in [0.1, 0.15) is 5.82 Å². The molecule has 0 radical (unpaired) electrons. The highest BCUT2D eigenvalue weighted by molar-refractivity contribution is 6.31. The Morgan fingerprint density at radius 1 is 0.889 bits per heavy atom. The van der Waals surface area contributed by atoms with Crippen LogP contribution in [0.3, 0.4) is 0 Å². The molecule has 0 fully saturated rings. The zero-order chi connectivity index (χ0) is 18.4. The molecule has 0 spiro atoms. The number of hydrogen-bond acceptors (Lipinski definition) is 2. The molecule has 1 aliphatic heterocycles. The molecule has 1 N–H and O–H groups in total. The predicted octanol–water partition coefficient (Wildman–Crippen LogP) is 6.78. The van der Waals surface area contributed by atoms with E-state index in [2.05, 4.69) is 35.6 Å². The molecule has 0 amide bonds. The SMILES string of the molecule is Clc1ccc2c(c1)Nc1nc3ccc(Cl)cc3c(Cc3ccccc3)c1C2. The average Bonchev–Trinajstić information content (AvgIpc) is 2.68. The minimum atomic E-state index is 0.724. The van der Waals surface area contributed by atoms with E-state index < -0.39 is 0 Å². The molecular formula is C23H16Cl2N2. The van der Waals surface area contributed by atoms with Crippen molar-refractivity contribution in [1.29, 1.82) is 0 Å². The molecule has 27 heavy (non-hydrogen) atoms. The lowest BCUT2D eigenvalue weighted by Crippen LogP contribution is -2.12. The number of benzene rings is 3. The van der Waals surface area contributed by atoms with E-state index in [9.17, 15) is 0 Å². The smallest absolute Gasteiger partial charge is 0.134 e. The van der Waals surface area contributed by atoms with Gasteiger partial charge in [-0.3, -0.25) is 0 Å². The summed E-state index contributed by atoms with van der Waals surface area (Å²) in [4.78, 5) is 4.87. The summed E-state index contributed by atoms with van der Waals surface area (Å²) in [5, 5.41) is 6.06. The van der Waals surface area contributed by atoms with Crippen molar-refractivity contribution in [1.82, 2.24) is 4.98 Å². The lowest BCUT2D eigenvalue weighted by Gasteiger charge is -2.24. The molecule has 3 aromatic carbocycles. The topological polar surface area (TPSA) is 24.9 Å². The van der Waals surface area contributed by atoms with Gasteiger partial charge in [0.05, 0.1) is 5.52 Å². The van der Waals surface area contributed by atoms with E-state index >= 15 is 0 Å². The normalized spacial score (nSPS) is 12.4. The average molecular weight is 391 g/mol. The quantitative estimate of drug-likeness (QED) is 0.359. The van der Waals surface area contributed by atoms with Crippen LogP contribution in [0.5, 0.6) is 0 Å². The zero-order valence-electron chi connectivity index (χ0n) is 14.5. The lowest BCUT2D eigenvalue weighted by molar-refractivity contribution is 1.06. The van der Waals surface area contributed by atoms with E-state index in [0.29, 0.717) is 0 Å². The molecule has 2 heterocycles. The molecule has 1 aromatic heterocycles. The minimum absolute atomic E-state index is 0.724. The Bertz CT molecular complexity index is 1170. The summed E-state index contributed by atoms with van der Waals surface area (Å²) in [6.07, 6.45) is 1.67. The van der Waals surface area contributed by atoms with E-state index in [1.165, 1.54) is 22.3 Å². The fourth-order valence-electron chi connectivity index (χ4n) is 3.77. The largest absolute Gasteiger partial charge is 0.340 e. The van der Waals surface area contributed by atoms with Crippen molar-refractivity contribution in [3.8, 4) is 0 Å². The highest BCUT2D eigenvalue weighted by atomic mass is 35.5. The van der Waals surface area contributed by atoms with Crippen molar-refractivity contribution in [2.45, 2.75) is 12.8 Å². The number of halogens is 2. The van der Waals surface area contributed by atoms with Gasteiger partial charge in [0.15, 0.2) is 0 Å². The number of rotatable bonds is 2. The monoisotopic (exact) mass is 390 g/mol. The number of anilines is 2. The van der Waals surface area contributed by atoms with Gasteiger partial charge >= 0.3 is 0 Å². The van der Waals surface area contributed by atoms with Gasteiger partial charge in [-0.1, -0.05) is 59.6 Å². The highest BCUT2D eigenvalue weighted by Crippen LogP contribution is 2.39. The number of nitrogens with one attached hydrogen (secondary N) is 1. The molecule has 1 aliphatic rings. The van der Waals surface area contributed by atoms with Crippen molar-refractivity contribution in [3.05, 3.63) is 99.0 Å². The van der Waals surface area contributed by atoms with E-state index in [1.54, 1.807) is 0 Å². The van der Waals surface area contributed by atoms with E-state index in [4.69, 9.17) is 28.2 Å². The predicted molar refractivity (Wildman–Crippen MR) is 114 cm³/mol. The van der Waals surface area contributed by atoms with E-state index in [1.807, 2.05) is 36.4 Å². The van der Waals surface area contributed by atoms with E-state index in [0.717, 1.165) is 45.3 Å². The first kappa shape index (κ1) is 16.6. The third-order valence-corrected chi connectivity index (χ3v) is 5.55. The van der Waals surface area contributed by atoms with Crippen LogP contribution in [0, 0.1) is 0 Å². The Balaban J connectivity index is 1.72. The maximum atomic E-state index is 6.32. The van der Waals surface area contributed by atoms with Crippen molar-refractivity contribution < 1.29 is 0 Å². The van der Waals surface area contributed by atoms with Gasteiger partial charge in [-0.05, 0) is 53.4 Å². The first-order valence-electron chi connectivity index (χ1n) is 8.88.